The van der Waals surface area contributed by atoms with E-state index in [4.69, 9.17) is 10.2 Å². The number of hydrogen-bond donors (Lipinski definition) is 2. The first-order chi connectivity index (χ1) is 2.91. The van der Waals surface area contributed by atoms with Crippen molar-refractivity contribution in [3.8, 4) is 0 Å². The molecule has 0 aliphatic rings. The van der Waals surface area contributed by atoms with Crippen LogP contribution in [-0.4, -0.2) is 23.4 Å². The summed E-state index contributed by atoms with van der Waals surface area (Å²) in [5.74, 6) is 0. The molecule has 2 nitrogen and oxygen atoms in total. The minimum atomic E-state index is -0.125. The van der Waals surface area contributed by atoms with Crippen LogP contribution in [0.15, 0.2) is 13.2 Å². The van der Waals surface area contributed by atoms with Crippen molar-refractivity contribution >= 4 is 0 Å². The van der Waals surface area contributed by atoms with Crippen LogP contribution in [-0.2, 0) is 0 Å². The lowest BCUT2D eigenvalue weighted by molar-refractivity contribution is 0.186. The van der Waals surface area contributed by atoms with Crippen molar-refractivity contribution < 1.29 is 10.2 Å². The van der Waals surface area contributed by atoms with E-state index in [1.807, 2.05) is 0 Å². The lowest BCUT2D eigenvalue weighted by Gasteiger charge is -1.70. The number of aliphatic hydroxyl groups is 2. The summed E-state index contributed by atoms with van der Waals surface area (Å²) in [6.45, 7) is 5.75. The summed E-state index contributed by atoms with van der Waals surface area (Å²) in [7, 11) is 0. The Labute approximate surface area is 37.7 Å². The molecule has 0 fully saturated rings. The first-order valence-electron chi connectivity index (χ1n) is 1.63. The Morgan fingerprint density at radius 2 is 1.17 bits per heavy atom. The molecular weight excluding hydrogens is 80.0 g/mol. The molecule has 0 aromatic heterocycles. The summed E-state index contributed by atoms with van der Waals surface area (Å²) >= 11 is 0. The van der Waals surface area contributed by atoms with Crippen LogP contribution >= 0.6 is 0 Å². The van der Waals surface area contributed by atoms with Crippen LogP contribution < -0.4 is 0 Å². The lowest BCUT2D eigenvalue weighted by Crippen LogP contribution is -1.85. The maximum atomic E-state index is 7.62. The zero-order chi connectivity index (χ0) is 5.41. The van der Waals surface area contributed by atoms with Crippen molar-refractivity contribution in [3.05, 3.63) is 13.2 Å². The number of rotatable bonds is 1. The zero-order valence-corrected chi connectivity index (χ0v) is 3.72. The van der Waals surface area contributed by atoms with Gasteiger partial charge >= 0.3 is 0 Å². The van der Waals surface area contributed by atoms with Gasteiger partial charge in [0.1, 0.15) is 0 Å². The Balaban J connectivity index is 0. The van der Waals surface area contributed by atoms with Crippen LogP contribution in [0, 0.1) is 0 Å². The molecule has 0 aromatic carbocycles. The Morgan fingerprint density at radius 1 is 1.00 bits per heavy atom. The maximum Gasteiger partial charge on any atom is 0.0662 e. The summed E-state index contributed by atoms with van der Waals surface area (Å²) in [5, 5.41) is 15.2. The van der Waals surface area contributed by atoms with Gasteiger partial charge in [0.15, 0.2) is 0 Å². The molecule has 0 aliphatic heterocycles. The average molecular weight is 90.1 g/mol. The van der Waals surface area contributed by atoms with Crippen LogP contribution in [0.1, 0.15) is 0 Å². The quantitative estimate of drug-likeness (QED) is 0.437. The van der Waals surface area contributed by atoms with E-state index in [2.05, 4.69) is 13.2 Å². The van der Waals surface area contributed by atoms with Crippen LogP contribution in [0.5, 0.6) is 0 Å². The van der Waals surface area contributed by atoms with Gasteiger partial charge in [0.25, 0.3) is 0 Å². The van der Waals surface area contributed by atoms with E-state index in [1.54, 1.807) is 0 Å². The highest BCUT2D eigenvalue weighted by Crippen LogP contribution is 1.39. The first-order valence-corrected chi connectivity index (χ1v) is 1.63. The van der Waals surface area contributed by atoms with Gasteiger partial charge in [-0.25, -0.2) is 0 Å². The Bertz CT molecular complexity index is 13.0. The molecule has 0 spiro atoms. The largest absolute Gasteiger partial charge is 0.394 e. The monoisotopic (exact) mass is 90.1 g/mol. The second-order valence-electron chi connectivity index (χ2n) is 0.447. The van der Waals surface area contributed by atoms with Gasteiger partial charge in [0, 0.05) is 0 Å². The summed E-state index contributed by atoms with van der Waals surface area (Å²) in [5.41, 5.74) is 0. The van der Waals surface area contributed by atoms with Crippen LogP contribution in [0.2, 0.25) is 0 Å². The number of aliphatic hydroxyl groups excluding tert-OH is 2. The van der Waals surface area contributed by atoms with Gasteiger partial charge in [-0.15, -0.1) is 13.2 Å². The molecule has 0 saturated carbocycles. The molecule has 38 valence electrons. The summed E-state index contributed by atoms with van der Waals surface area (Å²) in [6.07, 6.45) is 0. The molecule has 0 atom stereocenters. The summed E-state index contributed by atoms with van der Waals surface area (Å²) in [6, 6.07) is 0. The fraction of sp³-hybridized carbons (Fsp3) is 0.500. The molecule has 0 rings (SSSR count). The van der Waals surface area contributed by atoms with Gasteiger partial charge < -0.3 is 10.2 Å². The summed E-state index contributed by atoms with van der Waals surface area (Å²) in [4.78, 5) is 0. The molecule has 2 N–H and O–H groups in total. The molecule has 0 aromatic rings. The van der Waals surface area contributed by atoms with Gasteiger partial charge in [-0.1, -0.05) is 0 Å². The van der Waals surface area contributed by atoms with E-state index in [0.29, 0.717) is 0 Å². The van der Waals surface area contributed by atoms with Gasteiger partial charge in [-0.05, 0) is 0 Å². The summed E-state index contributed by atoms with van der Waals surface area (Å²) < 4.78 is 0. The van der Waals surface area contributed by atoms with E-state index < -0.39 is 0 Å². The maximum absolute atomic E-state index is 7.62. The Kier molecular flexibility index (Phi) is 34.6. The SMILES string of the molecule is C=C.OCCO. The molecule has 0 radical (unpaired) electrons. The molecule has 0 heterocycles. The van der Waals surface area contributed by atoms with Crippen molar-refractivity contribution in [1.29, 1.82) is 0 Å². The fourth-order valence-corrected chi connectivity index (χ4v) is 0. The lowest BCUT2D eigenvalue weighted by atomic mass is 10.8. The Hall–Kier alpha value is -0.340. The minimum Gasteiger partial charge on any atom is -0.394 e. The minimum absolute atomic E-state index is 0.125. The highest BCUT2D eigenvalue weighted by Gasteiger charge is 1.58. The van der Waals surface area contributed by atoms with Crippen molar-refractivity contribution in [3.63, 3.8) is 0 Å². The van der Waals surface area contributed by atoms with Crippen molar-refractivity contribution in [2.45, 2.75) is 0 Å². The molecule has 0 unspecified atom stereocenters. The normalized spacial score (nSPS) is 5.67. The first kappa shape index (κ1) is 9.18. The smallest absolute Gasteiger partial charge is 0.0662 e. The van der Waals surface area contributed by atoms with Gasteiger partial charge in [0.05, 0.1) is 13.2 Å². The molecule has 0 bridgehead atoms. The molecular formula is C4H10O2. The third-order valence-electron chi connectivity index (χ3n) is 0.1000. The van der Waals surface area contributed by atoms with Crippen molar-refractivity contribution in [1.82, 2.24) is 0 Å². The van der Waals surface area contributed by atoms with E-state index >= 15 is 0 Å². The van der Waals surface area contributed by atoms with Gasteiger partial charge in [-0.3, -0.25) is 0 Å². The fourth-order valence-electron chi connectivity index (χ4n) is 0. The van der Waals surface area contributed by atoms with E-state index in [1.165, 1.54) is 0 Å². The Morgan fingerprint density at radius 3 is 1.17 bits per heavy atom. The predicted octanol–water partition coefficient (Wildman–Crippen LogP) is -0.227. The standard InChI is InChI=1S/C2H6O2.C2H4/c3-1-2-4;1-2/h3-4H,1-2H2;1-2H2. The van der Waals surface area contributed by atoms with E-state index in [-0.39, 0.29) is 13.2 Å². The van der Waals surface area contributed by atoms with Crippen molar-refractivity contribution in [2.75, 3.05) is 13.2 Å². The van der Waals surface area contributed by atoms with Gasteiger partial charge in [0.2, 0.25) is 0 Å². The topological polar surface area (TPSA) is 40.5 Å². The van der Waals surface area contributed by atoms with Crippen LogP contribution in [0.3, 0.4) is 0 Å². The molecule has 0 amide bonds. The van der Waals surface area contributed by atoms with E-state index in [9.17, 15) is 0 Å². The highest BCUT2D eigenvalue weighted by molar-refractivity contribution is 4.22. The van der Waals surface area contributed by atoms with Gasteiger partial charge in [-0.2, -0.15) is 0 Å². The van der Waals surface area contributed by atoms with Crippen LogP contribution in [0.4, 0.5) is 0 Å². The molecule has 6 heavy (non-hydrogen) atoms. The zero-order valence-electron chi connectivity index (χ0n) is 3.72. The second kappa shape index (κ2) is 22.7. The second-order valence-corrected chi connectivity index (χ2v) is 0.447. The van der Waals surface area contributed by atoms with Crippen molar-refractivity contribution in [2.24, 2.45) is 0 Å². The number of hydrogen-bond acceptors (Lipinski definition) is 2. The third kappa shape index (κ3) is 59.5. The third-order valence-corrected chi connectivity index (χ3v) is 0.1000. The molecule has 2 heteroatoms. The molecule has 0 aliphatic carbocycles. The van der Waals surface area contributed by atoms with E-state index in [0.717, 1.165) is 0 Å². The average Bonchev–Trinajstić information content (AvgIpc) is 1.72. The molecule has 0 saturated heterocycles. The van der Waals surface area contributed by atoms with Crippen LogP contribution in [0.25, 0.3) is 0 Å². The highest BCUT2D eigenvalue weighted by atomic mass is 16.3. The predicted molar refractivity (Wildman–Crippen MR) is 25.4 cm³/mol.